The lowest BCUT2D eigenvalue weighted by molar-refractivity contribution is -0.146. The van der Waals surface area contributed by atoms with Crippen LogP contribution in [0, 0.1) is 17.8 Å². The molecule has 46 heavy (non-hydrogen) atoms. The molecule has 254 valence electrons. The molecule has 0 aromatic heterocycles. The normalized spacial score (nSPS) is 20.6. The highest BCUT2D eigenvalue weighted by atomic mass is 16.6. The lowest BCUT2D eigenvalue weighted by Crippen LogP contribution is -2.59. The quantitative estimate of drug-likeness (QED) is 0.220. The van der Waals surface area contributed by atoms with Crippen molar-refractivity contribution in [3.8, 4) is 0 Å². The Bertz CT molecular complexity index is 1280. The molecule has 4 amide bonds. The zero-order chi connectivity index (χ0) is 33.4. The van der Waals surface area contributed by atoms with Crippen LogP contribution in [0.5, 0.6) is 0 Å². The fourth-order valence-electron chi connectivity index (χ4n) is 5.99. The number of hydrogen-bond donors (Lipinski definition) is 4. The Kier molecular flexibility index (Phi) is 13.9. The number of benzene rings is 1. The van der Waals surface area contributed by atoms with Crippen molar-refractivity contribution in [2.24, 2.45) is 17.8 Å². The summed E-state index contributed by atoms with van der Waals surface area (Å²) in [7, 11) is 0. The molecule has 1 aliphatic carbocycles. The van der Waals surface area contributed by atoms with Crippen LogP contribution >= 0.6 is 0 Å². The molecular formula is C33H48N4O9. The van der Waals surface area contributed by atoms with Gasteiger partial charge in [0.15, 0.2) is 0 Å². The van der Waals surface area contributed by atoms with E-state index in [1.165, 1.54) is 4.90 Å². The molecule has 1 saturated heterocycles. The van der Waals surface area contributed by atoms with Crippen molar-refractivity contribution in [1.82, 2.24) is 20.9 Å². The number of likely N-dealkylation sites (tertiary alicyclic amines) is 1. The lowest BCUT2D eigenvalue weighted by Gasteiger charge is -2.32. The number of nitrogens with zero attached hydrogens (tertiary/aromatic N) is 1. The third-order valence-corrected chi connectivity index (χ3v) is 8.21. The van der Waals surface area contributed by atoms with Gasteiger partial charge in [0.05, 0.1) is 12.1 Å². The predicted molar refractivity (Wildman–Crippen MR) is 168 cm³/mol. The Morgan fingerprint density at radius 1 is 0.978 bits per heavy atom. The van der Waals surface area contributed by atoms with E-state index in [0.717, 1.165) is 0 Å². The topological polar surface area (TPSA) is 188 Å². The van der Waals surface area contributed by atoms with Gasteiger partial charge in [0.1, 0.15) is 23.9 Å². The van der Waals surface area contributed by atoms with E-state index < -0.39 is 77.7 Å². The molecule has 1 unspecified atom stereocenters. The van der Waals surface area contributed by atoms with Crippen LogP contribution in [0.3, 0.4) is 0 Å². The van der Waals surface area contributed by atoms with Crippen molar-refractivity contribution in [2.45, 2.75) is 104 Å². The lowest BCUT2D eigenvalue weighted by atomic mass is 9.92. The number of rotatable bonds is 14. The predicted octanol–water partition coefficient (Wildman–Crippen LogP) is 2.25. The Labute approximate surface area is 270 Å². The Hall–Kier alpha value is -4.29. The molecule has 6 atom stereocenters. The van der Waals surface area contributed by atoms with Gasteiger partial charge in [0, 0.05) is 31.2 Å². The number of Topliss-reactive ketones (excluding diaryl/α,β-unsaturated/α-hetero) is 2. The maximum absolute atomic E-state index is 13.8. The molecule has 1 saturated carbocycles. The molecule has 0 bridgehead atoms. The van der Waals surface area contributed by atoms with Crippen molar-refractivity contribution in [1.29, 1.82) is 0 Å². The summed E-state index contributed by atoms with van der Waals surface area (Å²) in [6, 6.07) is 3.80. The van der Waals surface area contributed by atoms with Crippen molar-refractivity contribution >= 4 is 41.4 Å². The highest BCUT2D eigenvalue weighted by Gasteiger charge is 2.54. The molecule has 4 N–H and O–H groups in total. The molecule has 0 spiro atoms. The number of carbonyl (C=O) groups is 7. The van der Waals surface area contributed by atoms with Gasteiger partial charge in [-0.05, 0) is 38.2 Å². The molecule has 13 heteroatoms. The number of fused-ring (bicyclic) bond motifs is 1. The van der Waals surface area contributed by atoms with Crippen molar-refractivity contribution in [3.05, 3.63) is 35.9 Å². The molecule has 2 aliphatic rings. The number of ether oxygens (including phenoxy) is 1. The van der Waals surface area contributed by atoms with E-state index in [4.69, 9.17) is 4.74 Å². The van der Waals surface area contributed by atoms with Crippen LogP contribution in [0.1, 0.15) is 73.3 Å². The summed E-state index contributed by atoms with van der Waals surface area (Å²) < 4.78 is 5.15. The number of ketones is 2. The fourth-order valence-corrected chi connectivity index (χ4v) is 5.99. The maximum atomic E-state index is 13.8. The van der Waals surface area contributed by atoms with E-state index in [1.54, 1.807) is 65.0 Å². The number of alkyl carbamates (subject to hydrolysis) is 1. The van der Waals surface area contributed by atoms with E-state index in [1.807, 2.05) is 0 Å². The summed E-state index contributed by atoms with van der Waals surface area (Å²) in [5.41, 5.74) is 0.648. The average molecular weight is 645 g/mol. The second-order valence-corrected chi connectivity index (χ2v) is 12.3. The molecule has 3 rings (SSSR count). The highest BCUT2D eigenvalue weighted by molar-refractivity contribution is 6.38. The highest BCUT2D eigenvalue weighted by Crippen LogP contribution is 2.41. The summed E-state index contributed by atoms with van der Waals surface area (Å²) in [4.78, 5) is 92.2. The van der Waals surface area contributed by atoms with Crippen molar-refractivity contribution in [3.63, 3.8) is 0 Å². The third-order valence-electron chi connectivity index (χ3n) is 8.21. The molecule has 13 nitrogen and oxygen atoms in total. The minimum absolute atomic E-state index is 0. The van der Waals surface area contributed by atoms with Gasteiger partial charge in [0.2, 0.25) is 17.6 Å². The molecule has 1 aromatic carbocycles. The van der Waals surface area contributed by atoms with Crippen LogP contribution in [0.15, 0.2) is 30.3 Å². The van der Waals surface area contributed by atoms with Gasteiger partial charge in [-0.2, -0.15) is 0 Å². The van der Waals surface area contributed by atoms with Gasteiger partial charge in [-0.15, -0.1) is 0 Å². The molecular weight excluding hydrogens is 596 g/mol. The van der Waals surface area contributed by atoms with Crippen LogP contribution < -0.4 is 16.0 Å². The number of amides is 4. The van der Waals surface area contributed by atoms with Crippen LogP contribution in [0.4, 0.5) is 4.79 Å². The fraction of sp³-hybridized carbons (Fsp3) is 0.606. The molecule has 1 aliphatic heterocycles. The SMILES string of the molecule is C.CCCC(NC(=O)[C@@H]1[C@H]2CCC(=O)[C@H]2CN1C(=O)[C@@H](NC(=O)OC(C)C)C(C)C)C(=O)C(=O)N[C@@H](Cc1ccccc1)C(=O)O. The van der Waals surface area contributed by atoms with Crippen LogP contribution in [0.2, 0.25) is 0 Å². The van der Waals surface area contributed by atoms with E-state index >= 15 is 0 Å². The first-order valence-corrected chi connectivity index (χ1v) is 15.5. The summed E-state index contributed by atoms with van der Waals surface area (Å²) in [6.07, 6.45) is -0.153. The summed E-state index contributed by atoms with van der Waals surface area (Å²) in [5, 5.41) is 17.1. The summed E-state index contributed by atoms with van der Waals surface area (Å²) in [6.45, 7) is 8.53. The molecule has 2 fully saturated rings. The first kappa shape index (κ1) is 37.9. The number of carboxylic acid groups (broad SMARTS) is 1. The van der Waals surface area contributed by atoms with E-state index in [-0.39, 0.29) is 44.9 Å². The van der Waals surface area contributed by atoms with Crippen LogP contribution in [-0.2, 0) is 39.9 Å². The monoisotopic (exact) mass is 644 g/mol. The number of nitrogens with one attached hydrogen (secondary N) is 3. The standard InChI is InChI=1S/C32H44N4O9.CH4/c1-6-10-22(27(38)29(40)34-23(31(42)43)15-19-11-8-7-9-12-19)33-28(39)26-20-13-14-24(37)21(20)16-36(26)30(41)25(17(2)3)35-32(44)45-18(4)5;/h7-9,11-12,17-18,20-23,25-26H,6,10,13-16H2,1-5H3,(H,33,39)(H,34,40)(H,35,44)(H,42,43);1H4/t20-,21-,22?,23-,25-,26-;/m0./s1. The van der Waals surface area contributed by atoms with Gasteiger partial charge in [-0.25, -0.2) is 9.59 Å². The van der Waals surface area contributed by atoms with Gasteiger partial charge >= 0.3 is 12.1 Å². The van der Waals surface area contributed by atoms with Crippen molar-refractivity contribution in [2.75, 3.05) is 6.54 Å². The minimum Gasteiger partial charge on any atom is -0.480 e. The number of carbonyl (C=O) groups excluding carboxylic acids is 6. The second kappa shape index (κ2) is 16.9. The second-order valence-electron chi connectivity index (χ2n) is 12.3. The van der Waals surface area contributed by atoms with E-state index in [9.17, 15) is 38.7 Å². The van der Waals surface area contributed by atoms with Gasteiger partial charge in [-0.1, -0.05) is 65.0 Å². The Morgan fingerprint density at radius 3 is 2.20 bits per heavy atom. The average Bonchev–Trinajstić information content (AvgIpc) is 3.53. The Morgan fingerprint density at radius 2 is 1.63 bits per heavy atom. The van der Waals surface area contributed by atoms with Crippen LogP contribution in [0.25, 0.3) is 0 Å². The smallest absolute Gasteiger partial charge is 0.408 e. The van der Waals surface area contributed by atoms with Gasteiger partial charge in [-0.3, -0.25) is 24.0 Å². The minimum atomic E-state index is -1.38. The first-order chi connectivity index (χ1) is 21.2. The molecule has 1 heterocycles. The maximum Gasteiger partial charge on any atom is 0.408 e. The first-order valence-electron chi connectivity index (χ1n) is 15.5. The van der Waals surface area contributed by atoms with E-state index in [2.05, 4.69) is 16.0 Å². The zero-order valence-electron chi connectivity index (χ0n) is 26.4. The summed E-state index contributed by atoms with van der Waals surface area (Å²) >= 11 is 0. The van der Waals surface area contributed by atoms with Crippen LogP contribution in [-0.4, -0.2) is 88.2 Å². The largest absolute Gasteiger partial charge is 0.480 e. The summed E-state index contributed by atoms with van der Waals surface area (Å²) in [5.74, 6) is -6.27. The third kappa shape index (κ3) is 9.37. The number of hydrogen-bond acceptors (Lipinski definition) is 8. The zero-order valence-corrected chi connectivity index (χ0v) is 26.4. The van der Waals surface area contributed by atoms with Gasteiger partial charge < -0.3 is 30.7 Å². The Balaban J connectivity index is 0.00000736. The number of carboxylic acids is 1. The van der Waals surface area contributed by atoms with Gasteiger partial charge in [0.25, 0.3) is 5.91 Å². The molecule has 0 radical (unpaired) electrons. The number of aliphatic carboxylic acids is 1. The molecule has 1 aromatic rings. The van der Waals surface area contributed by atoms with Crippen molar-refractivity contribution < 1.29 is 43.4 Å². The van der Waals surface area contributed by atoms with E-state index in [0.29, 0.717) is 18.4 Å².